The average molecular weight is 248 g/mol. The predicted octanol–water partition coefficient (Wildman–Crippen LogP) is 2.73. The van der Waals surface area contributed by atoms with Gasteiger partial charge in [0.05, 0.1) is 18.6 Å². The number of hydrogen-bond acceptors (Lipinski definition) is 4. The zero-order valence-electron chi connectivity index (χ0n) is 10.5. The average Bonchev–Trinajstić information content (AvgIpc) is 2.37. The van der Waals surface area contributed by atoms with Gasteiger partial charge in [0.25, 0.3) is 0 Å². The summed E-state index contributed by atoms with van der Waals surface area (Å²) in [7, 11) is 0. The van der Waals surface area contributed by atoms with Crippen LogP contribution >= 0.6 is 0 Å². The van der Waals surface area contributed by atoms with Crippen molar-refractivity contribution in [3.63, 3.8) is 0 Å². The van der Waals surface area contributed by atoms with Crippen LogP contribution in [-0.4, -0.2) is 18.5 Å². The number of rotatable bonds is 5. The van der Waals surface area contributed by atoms with E-state index in [-0.39, 0.29) is 12.4 Å². The maximum absolute atomic E-state index is 11.5. The van der Waals surface area contributed by atoms with Crippen LogP contribution in [-0.2, 0) is 9.53 Å². The Kier molecular flexibility index (Phi) is 5.64. The molecule has 1 rings (SSSR count). The Hall–Kier alpha value is -2.10. The van der Waals surface area contributed by atoms with Crippen LogP contribution in [0.4, 0.5) is 0 Å². The van der Waals surface area contributed by atoms with Crippen LogP contribution in [0.15, 0.2) is 36.4 Å². The molecule has 0 N–H and O–H groups in total. The molecule has 0 radical (unpaired) electrons. The highest BCUT2D eigenvalue weighted by atomic mass is 16.5. The molecule has 4 nitrogen and oxygen atoms in total. The molecular weight excluding hydrogens is 232 g/mol. The van der Waals surface area contributed by atoms with Crippen LogP contribution in [0.2, 0.25) is 0 Å². The van der Waals surface area contributed by atoms with E-state index in [1.54, 1.807) is 37.3 Å². The van der Waals surface area contributed by atoms with Crippen LogP contribution in [0.25, 0.3) is 0 Å². The molecule has 1 aromatic carbocycles. The normalized spacial score (nSPS) is 10.3. The molecule has 0 aliphatic heterocycles. The number of allylic oxidation sites excluding steroid dienone is 1. The minimum Gasteiger partial charge on any atom is -0.462 e. The highest BCUT2D eigenvalue weighted by Gasteiger charge is 2.09. The van der Waals surface area contributed by atoms with Gasteiger partial charge in [-0.2, -0.15) is 0 Å². The first kappa shape index (κ1) is 14.0. The molecule has 18 heavy (non-hydrogen) atoms. The molecular formula is C14H16O4. The molecule has 0 unspecified atom stereocenters. The predicted molar refractivity (Wildman–Crippen MR) is 67.5 cm³/mol. The fourth-order valence-corrected chi connectivity index (χ4v) is 1.29. The zero-order chi connectivity index (χ0) is 13.4. The van der Waals surface area contributed by atoms with E-state index in [1.807, 2.05) is 6.92 Å². The van der Waals surface area contributed by atoms with Crippen molar-refractivity contribution in [1.82, 2.24) is 0 Å². The fourth-order valence-electron chi connectivity index (χ4n) is 1.29. The van der Waals surface area contributed by atoms with Crippen molar-refractivity contribution in [2.24, 2.45) is 0 Å². The summed E-state index contributed by atoms with van der Waals surface area (Å²) in [6.45, 7) is 3.87. The van der Waals surface area contributed by atoms with Crippen molar-refractivity contribution >= 4 is 11.9 Å². The van der Waals surface area contributed by atoms with Crippen LogP contribution in [0.3, 0.4) is 0 Å². The van der Waals surface area contributed by atoms with Gasteiger partial charge in [-0.15, -0.1) is 0 Å². The Labute approximate surface area is 106 Å². The van der Waals surface area contributed by atoms with Gasteiger partial charge in [0.2, 0.25) is 0 Å². The number of benzene rings is 1. The lowest BCUT2D eigenvalue weighted by Crippen LogP contribution is -2.08. The van der Waals surface area contributed by atoms with Crippen LogP contribution in [0.1, 0.15) is 30.6 Å². The van der Waals surface area contributed by atoms with Crippen molar-refractivity contribution < 1.29 is 19.1 Å². The lowest BCUT2D eigenvalue weighted by Gasteiger charge is -2.05. The Bertz CT molecular complexity index is 449. The summed E-state index contributed by atoms with van der Waals surface area (Å²) in [6, 6.07) is 6.37. The first-order chi connectivity index (χ1) is 8.67. The second-order valence-electron chi connectivity index (χ2n) is 3.50. The van der Waals surface area contributed by atoms with Crippen molar-refractivity contribution in [3.8, 4) is 5.75 Å². The van der Waals surface area contributed by atoms with Crippen molar-refractivity contribution in [2.45, 2.75) is 20.3 Å². The van der Waals surface area contributed by atoms with E-state index in [2.05, 4.69) is 0 Å². The third kappa shape index (κ3) is 4.41. The van der Waals surface area contributed by atoms with Gasteiger partial charge < -0.3 is 9.47 Å². The van der Waals surface area contributed by atoms with Crippen molar-refractivity contribution in [2.75, 3.05) is 6.61 Å². The summed E-state index contributed by atoms with van der Waals surface area (Å²) >= 11 is 0. The molecule has 0 atom stereocenters. The quantitative estimate of drug-likeness (QED) is 0.456. The Balaban J connectivity index is 2.70. The van der Waals surface area contributed by atoms with Gasteiger partial charge in [0, 0.05) is 0 Å². The SMILES string of the molecule is CC=CCC(=O)Oc1cccc(C(=O)OCC)c1. The van der Waals surface area contributed by atoms with E-state index in [0.717, 1.165) is 0 Å². The van der Waals surface area contributed by atoms with Gasteiger partial charge in [-0.1, -0.05) is 18.2 Å². The molecule has 0 aliphatic carbocycles. The second-order valence-corrected chi connectivity index (χ2v) is 3.50. The lowest BCUT2D eigenvalue weighted by molar-refractivity contribution is -0.133. The summed E-state index contributed by atoms with van der Waals surface area (Å²) in [4.78, 5) is 22.9. The summed E-state index contributed by atoms with van der Waals surface area (Å²) in [5, 5.41) is 0. The maximum Gasteiger partial charge on any atom is 0.338 e. The van der Waals surface area contributed by atoms with Gasteiger partial charge >= 0.3 is 11.9 Å². The van der Waals surface area contributed by atoms with E-state index < -0.39 is 5.97 Å². The van der Waals surface area contributed by atoms with Crippen LogP contribution < -0.4 is 4.74 Å². The minimum absolute atomic E-state index is 0.208. The van der Waals surface area contributed by atoms with Crippen LogP contribution in [0.5, 0.6) is 5.75 Å². The molecule has 0 amide bonds. The van der Waals surface area contributed by atoms with Gasteiger partial charge in [0.15, 0.2) is 0 Å². The summed E-state index contributed by atoms with van der Waals surface area (Å²) in [5.41, 5.74) is 0.369. The van der Waals surface area contributed by atoms with Gasteiger partial charge in [-0.25, -0.2) is 4.79 Å². The highest BCUT2D eigenvalue weighted by molar-refractivity contribution is 5.90. The van der Waals surface area contributed by atoms with Crippen molar-refractivity contribution in [1.29, 1.82) is 0 Å². The van der Waals surface area contributed by atoms with Gasteiger partial charge in [0.1, 0.15) is 5.75 Å². The molecule has 0 saturated carbocycles. The molecule has 0 aromatic heterocycles. The van der Waals surface area contributed by atoms with E-state index >= 15 is 0 Å². The van der Waals surface area contributed by atoms with E-state index in [1.165, 1.54) is 6.07 Å². The summed E-state index contributed by atoms with van der Waals surface area (Å²) in [5.74, 6) is -0.451. The zero-order valence-corrected chi connectivity index (χ0v) is 10.5. The lowest BCUT2D eigenvalue weighted by atomic mass is 10.2. The second kappa shape index (κ2) is 7.27. The fraction of sp³-hybridized carbons (Fsp3) is 0.286. The molecule has 0 bridgehead atoms. The van der Waals surface area contributed by atoms with E-state index in [0.29, 0.717) is 17.9 Å². The molecule has 0 saturated heterocycles. The Morgan fingerprint density at radius 2 is 2.11 bits per heavy atom. The smallest absolute Gasteiger partial charge is 0.338 e. The summed E-state index contributed by atoms with van der Waals surface area (Å²) in [6.07, 6.45) is 3.69. The third-order valence-electron chi connectivity index (χ3n) is 2.10. The number of carbonyl (C=O) groups excluding carboxylic acids is 2. The maximum atomic E-state index is 11.5. The highest BCUT2D eigenvalue weighted by Crippen LogP contribution is 2.15. The molecule has 0 aliphatic rings. The molecule has 0 heterocycles. The molecule has 4 heteroatoms. The first-order valence-electron chi connectivity index (χ1n) is 5.76. The third-order valence-corrected chi connectivity index (χ3v) is 2.10. The Morgan fingerprint density at radius 3 is 2.78 bits per heavy atom. The standard InChI is InChI=1S/C14H16O4/c1-3-5-9-13(15)18-12-8-6-7-11(10-12)14(16)17-4-2/h3,5-8,10H,4,9H2,1-2H3. The number of ether oxygens (including phenoxy) is 2. The largest absolute Gasteiger partial charge is 0.462 e. The van der Waals surface area contributed by atoms with Crippen molar-refractivity contribution in [3.05, 3.63) is 42.0 Å². The van der Waals surface area contributed by atoms with E-state index in [9.17, 15) is 9.59 Å². The number of carbonyl (C=O) groups is 2. The van der Waals surface area contributed by atoms with Gasteiger partial charge in [-0.05, 0) is 32.0 Å². The number of esters is 2. The molecule has 96 valence electrons. The molecule has 0 spiro atoms. The minimum atomic E-state index is -0.427. The number of hydrogen-bond donors (Lipinski definition) is 0. The Morgan fingerprint density at radius 1 is 1.33 bits per heavy atom. The first-order valence-corrected chi connectivity index (χ1v) is 5.76. The molecule has 0 fully saturated rings. The topological polar surface area (TPSA) is 52.6 Å². The summed E-state index contributed by atoms with van der Waals surface area (Å²) < 4.78 is 9.95. The monoisotopic (exact) mass is 248 g/mol. The van der Waals surface area contributed by atoms with Gasteiger partial charge in [-0.3, -0.25) is 4.79 Å². The van der Waals surface area contributed by atoms with Crippen LogP contribution in [0, 0.1) is 0 Å². The van der Waals surface area contributed by atoms with E-state index in [4.69, 9.17) is 9.47 Å². The molecule has 1 aromatic rings.